The lowest BCUT2D eigenvalue weighted by molar-refractivity contribution is -0.137. The van der Waals surface area contributed by atoms with E-state index in [9.17, 15) is 52.7 Å². The molecule has 0 bridgehead atoms. The fraction of sp³-hybridized carbons (Fsp3) is 0.369. The number of amides is 10. The zero-order valence-electron chi connectivity index (χ0n) is 53.6. The van der Waals surface area contributed by atoms with Crippen molar-refractivity contribution in [3.05, 3.63) is 120 Å². The lowest BCUT2D eigenvalue weighted by Gasteiger charge is -2.24. The second kappa shape index (κ2) is 30.6. The van der Waals surface area contributed by atoms with E-state index in [1.165, 1.54) is 46.1 Å². The number of carbonyl (C=O) groups is 11. The van der Waals surface area contributed by atoms with Crippen LogP contribution >= 0.6 is 0 Å². The average Bonchev–Trinajstić information content (AvgIpc) is 1.71. The minimum Gasteiger partial charge on any atom is -0.493 e. The number of imidazole rings is 1. The maximum atomic E-state index is 14.0. The molecule has 3 aliphatic heterocycles. The topological polar surface area (TPSA) is 360 Å². The first-order chi connectivity index (χ1) is 45.4. The molecular weight excluding hydrogens is 1230 g/mol. The fourth-order valence-corrected chi connectivity index (χ4v) is 10.7. The van der Waals surface area contributed by atoms with Crippen molar-refractivity contribution in [1.29, 1.82) is 0 Å². The standard InChI is InChI=1S/C65H75N15O15/c1-37(2)58(74-55(83)17-22-93-24-25-94-23-18-66-53(81)16-20-79-56(84)13-14-57(79)85)62(88)68-39(4)60(86)69-41-11-12-47-40(27-41)15-19-78(47)65(91)49-29-43(35-76(49)6)70-61(87)48-28-42(34-75(48)5)71-63(89)59-73-52(36-77(59)7)72-54(82)10-9-21-95-51-31-46-45(30-50(51)92-8)64(90)80-33-38(3)26-44(80)32-67-46/h11-15,19,27-32,34-37,39,44,58H,3,9-10,16-18,20-26,33H2,1-2,4-8H3,(H,66,81)(H,68,88)(H,69,86)(H,70,87)(H,71,89)(H,72,82)(H,74,83)/t39-,44-,58-/m0/s1. The third-order valence-electron chi connectivity index (χ3n) is 15.7. The van der Waals surface area contributed by atoms with Gasteiger partial charge in [0.25, 0.3) is 35.4 Å². The van der Waals surface area contributed by atoms with Crippen molar-refractivity contribution in [2.45, 2.75) is 71.0 Å². The number of fused-ring (bicyclic) bond motifs is 3. The molecule has 30 nitrogen and oxygen atoms in total. The molecule has 30 heteroatoms. The number of benzene rings is 2. The second-order valence-electron chi connectivity index (χ2n) is 23.2. The van der Waals surface area contributed by atoms with Gasteiger partial charge in [-0.3, -0.25) is 67.2 Å². The van der Waals surface area contributed by atoms with Gasteiger partial charge in [-0.25, -0.2) is 4.98 Å². The smallest absolute Gasteiger partial charge is 0.291 e. The Morgan fingerprint density at radius 3 is 2.12 bits per heavy atom. The van der Waals surface area contributed by atoms with Crippen LogP contribution in [0, 0.1) is 5.92 Å². The van der Waals surface area contributed by atoms with Crippen LogP contribution in [0.4, 0.5) is 28.6 Å². The van der Waals surface area contributed by atoms with Crippen LogP contribution in [0.2, 0.25) is 0 Å². The van der Waals surface area contributed by atoms with Crippen molar-refractivity contribution in [1.82, 2.24) is 49.0 Å². The lowest BCUT2D eigenvalue weighted by Crippen LogP contribution is -2.53. The van der Waals surface area contributed by atoms with E-state index in [-0.39, 0.29) is 124 Å². The Labute approximate surface area is 545 Å². The summed E-state index contributed by atoms with van der Waals surface area (Å²) in [5.41, 5.74) is 3.73. The Bertz CT molecular complexity index is 4060. The van der Waals surface area contributed by atoms with Gasteiger partial charge in [0.15, 0.2) is 17.3 Å². The van der Waals surface area contributed by atoms with E-state index in [4.69, 9.17) is 18.9 Å². The molecule has 10 amide bonds. The molecule has 95 heavy (non-hydrogen) atoms. The van der Waals surface area contributed by atoms with Crippen LogP contribution in [0.15, 0.2) is 103 Å². The molecule has 3 aliphatic rings. The largest absolute Gasteiger partial charge is 0.493 e. The first-order valence-electron chi connectivity index (χ1n) is 30.6. The highest BCUT2D eigenvalue weighted by molar-refractivity contribution is 6.13. The molecule has 7 N–H and O–H groups in total. The van der Waals surface area contributed by atoms with Gasteiger partial charge in [-0.05, 0) is 68.1 Å². The summed E-state index contributed by atoms with van der Waals surface area (Å²) in [5.74, 6) is -4.38. The van der Waals surface area contributed by atoms with Crippen LogP contribution in [0.3, 0.4) is 0 Å². The van der Waals surface area contributed by atoms with Gasteiger partial charge in [-0.2, -0.15) is 0 Å². The Hall–Kier alpha value is -11.0. The number of nitrogens with one attached hydrogen (secondary N) is 7. The molecular formula is C65H75N15O15. The number of imide groups is 1. The van der Waals surface area contributed by atoms with Crippen molar-refractivity contribution >= 4 is 111 Å². The maximum absolute atomic E-state index is 14.0. The number of aromatic nitrogens is 5. The van der Waals surface area contributed by atoms with Crippen LogP contribution in [0.1, 0.15) is 94.8 Å². The highest BCUT2D eigenvalue weighted by Gasteiger charge is 2.35. The van der Waals surface area contributed by atoms with Crippen molar-refractivity contribution in [3.63, 3.8) is 0 Å². The summed E-state index contributed by atoms with van der Waals surface area (Å²) in [6.45, 7) is 10.4. The second-order valence-corrected chi connectivity index (χ2v) is 23.2. The number of aryl methyl sites for hydroxylation is 3. The predicted molar refractivity (Wildman–Crippen MR) is 347 cm³/mol. The summed E-state index contributed by atoms with van der Waals surface area (Å²) in [5, 5.41) is 19.7. The monoisotopic (exact) mass is 1310 g/mol. The molecule has 0 spiro atoms. The highest BCUT2D eigenvalue weighted by atomic mass is 16.5. The van der Waals surface area contributed by atoms with Crippen molar-refractivity contribution in [2.24, 2.45) is 32.1 Å². The first kappa shape index (κ1) is 68.4. The van der Waals surface area contributed by atoms with E-state index >= 15 is 0 Å². The number of aliphatic imine (C=N–C) groups is 1. The number of ether oxygens (including phenoxy) is 4. The zero-order chi connectivity index (χ0) is 68.2. The van der Waals surface area contributed by atoms with Gasteiger partial charge >= 0.3 is 0 Å². The summed E-state index contributed by atoms with van der Waals surface area (Å²) < 4.78 is 28.4. The number of hydrogen-bond donors (Lipinski definition) is 7. The third kappa shape index (κ3) is 17.0. The van der Waals surface area contributed by atoms with Crippen LogP contribution in [-0.4, -0.2) is 182 Å². The van der Waals surface area contributed by atoms with Crippen LogP contribution in [0.25, 0.3) is 10.9 Å². The van der Waals surface area contributed by atoms with Crippen molar-refractivity contribution < 1.29 is 71.7 Å². The molecule has 9 rings (SSSR count). The lowest BCUT2D eigenvalue weighted by atomic mass is 10.0. The van der Waals surface area contributed by atoms with Crippen molar-refractivity contribution in [2.75, 3.05) is 81.0 Å². The number of methoxy groups -OCH3 is 1. The third-order valence-corrected chi connectivity index (χ3v) is 15.7. The predicted octanol–water partition coefficient (Wildman–Crippen LogP) is 3.98. The van der Waals surface area contributed by atoms with Crippen LogP contribution < -0.4 is 46.7 Å². The molecule has 1 saturated heterocycles. The first-order valence-corrected chi connectivity index (χ1v) is 30.6. The van der Waals surface area contributed by atoms with Gasteiger partial charge in [0.2, 0.25) is 35.4 Å². The summed E-state index contributed by atoms with van der Waals surface area (Å²) >= 11 is 0. The van der Waals surface area contributed by atoms with Gasteiger partial charge < -0.3 is 74.8 Å². The van der Waals surface area contributed by atoms with E-state index < -0.39 is 59.3 Å². The molecule has 3 atom stereocenters. The van der Waals surface area contributed by atoms with Gasteiger partial charge in [0, 0.05) is 120 Å². The molecule has 0 unspecified atom stereocenters. The van der Waals surface area contributed by atoms with E-state index in [1.54, 1.807) is 106 Å². The molecule has 0 radical (unpaired) electrons. The Morgan fingerprint density at radius 1 is 0.684 bits per heavy atom. The van der Waals surface area contributed by atoms with Crippen molar-refractivity contribution in [3.8, 4) is 11.5 Å². The summed E-state index contributed by atoms with van der Waals surface area (Å²) in [6.07, 6.45) is 11.2. The summed E-state index contributed by atoms with van der Waals surface area (Å²) in [7, 11) is 6.35. The SMILES string of the molecule is C=C1C[C@H]2C=Nc3cc(OCCCC(=O)Nc4cn(C)c(C(=O)Nc5cc(C(=O)Nc6cc(C(=O)n7ccc8cc(NC(=O)[C@H](C)NC(=O)[C@@H](NC(=O)CCOCCOCCNC(=O)CCN9C(=O)C=CC9=O)C(C)C)ccc87)n(C)c6)n(C)c5)n4)c(OC)cc3C(=O)N2C1. The molecule has 7 heterocycles. The Morgan fingerprint density at radius 2 is 1.39 bits per heavy atom. The van der Waals surface area contributed by atoms with Crippen LogP contribution in [0.5, 0.6) is 11.5 Å². The molecule has 6 aromatic rings. The minimum atomic E-state index is -1.01. The molecule has 2 aromatic carbocycles. The molecule has 1 fully saturated rings. The minimum absolute atomic E-state index is 0.0180. The number of carbonyl (C=O) groups excluding carboxylic acids is 11. The van der Waals surface area contributed by atoms with E-state index in [0.717, 1.165) is 22.6 Å². The number of nitrogens with zero attached hydrogens (tertiary/aromatic N) is 8. The molecule has 0 aliphatic carbocycles. The normalized spacial score (nSPS) is 14.7. The summed E-state index contributed by atoms with van der Waals surface area (Å²) in [4.78, 5) is 154. The zero-order valence-corrected chi connectivity index (χ0v) is 53.6. The van der Waals surface area contributed by atoms with E-state index in [1.807, 2.05) is 0 Å². The van der Waals surface area contributed by atoms with Gasteiger partial charge in [-0.15, -0.1) is 0 Å². The quantitative estimate of drug-likeness (QED) is 0.0190. The maximum Gasteiger partial charge on any atom is 0.291 e. The van der Waals surface area contributed by atoms with Gasteiger partial charge in [0.05, 0.1) is 74.3 Å². The van der Waals surface area contributed by atoms with Crippen LogP contribution in [-0.2, 0) is 64.2 Å². The molecule has 500 valence electrons. The number of anilines is 4. The summed E-state index contributed by atoms with van der Waals surface area (Å²) in [6, 6.07) is 10.8. The van der Waals surface area contributed by atoms with Gasteiger partial charge in [0.1, 0.15) is 23.5 Å². The highest BCUT2D eigenvalue weighted by Crippen LogP contribution is 2.39. The number of rotatable bonds is 30. The van der Waals surface area contributed by atoms with E-state index in [2.05, 4.69) is 53.8 Å². The molecule has 4 aromatic heterocycles. The van der Waals surface area contributed by atoms with E-state index in [0.29, 0.717) is 64.4 Å². The molecule has 0 saturated carbocycles. The fourth-order valence-electron chi connectivity index (χ4n) is 10.7. The van der Waals surface area contributed by atoms with Gasteiger partial charge in [-0.1, -0.05) is 26.0 Å². The average molecular weight is 1310 g/mol. The Balaban J connectivity index is 0.684. The Kier molecular flexibility index (Phi) is 22.0. The number of hydrogen-bond acceptors (Lipinski definition) is 17.